The van der Waals surface area contributed by atoms with Gasteiger partial charge in [-0.2, -0.15) is 11.3 Å². The lowest BCUT2D eigenvalue weighted by Crippen LogP contribution is -2.51. The van der Waals surface area contributed by atoms with Gasteiger partial charge in [0.25, 0.3) is 0 Å². The first-order valence-corrected chi connectivity index (χ1v) is 8.26. The van der Waals surface area contributed by atoms with Crippen LogP contribution in [-0.4, -0.2) is 24.0 Å². The first-order chi connectivity index (χ1) is 9.75. The predicted octanol–water partition coefficient (Wildman–Crippen LogP) is 3.84. The molecule has 1 aliphatic heterocycles. The molecule has 2 heterocycles. The van der Waals surface area contributed by atoms with E-state index in [0.717, 1.165) is 13.1 Å². The normalized spacial score (nSPS) is 25.5. The summed E-state index contributed by atoms with van der Waals surface area (Å²) in [6.07, 6.45) is 0. The highest BCUT2D eigenvalue weighted by atomic mass is 32.1. The van der Waals surface area contributed by atoms with E-state index >= 15 is 0 Å². The highest BCUT2D eigenvalue weighted by Gasteiger charge is 2.31. The Labute approximate surface area is 125 Å². The number of nitrogens with one attached hydrogen (secondary N) is 1. The molecule has 0 amide bonds. The van der Waals surface area contributed by atoms with E-state index in [4.69, 9.17) is 0 Å². The third-order valence-electron chi connectivity index (χ3n) is 4.25. The van der Waals surface area contributed by atoms with Crippen molar-refractivity contribution in [1.82, 2.24) is 10.2 Å². The molecule has 0 saturated carbocycles. The number of nitrogens with zero attached hydrogens (tertiary/aromatic N) is 1. The van der Waals surface area contributed by atoms with Crippen LogP contribution in [0.2, 0.25) is 0 Å². The van der Waals surface area contributed by atoms with Gasteiger partial charge in [-0.05, 0) is 41.8 Å². The Kier molecular flexibility index (Phi) is 4.20. The van der Waals surface area contributed by atoms with Crippen molar-refractivity contribution in [2.45, 2.75) is 32.0 Å². The summed E-state index contributed by atoms with van der Waals surface area (Å²) in [5.74, 6) is 0. The summed E-state index contributed by atoms with van der Waals surface area (Å²) in [6, 6.07) is 14.6. The van der Waals surface area contributed by atoms with Crippen LogP contribution < -0.4 is 5.32 Å². The van der Waals surface area contributed by atoms with Crippen LogP contribution in [0, 0.1) is 0 Å². The SMILES string of the molecule is CC1CN(C(C)c2ccsc2)C(c2ccccc2)CN1. The fourth-order valence-corrected chi connectivity index (χ4v) is 3.80. The molecule has 1 fully saturated rings. The highest BCUT2D eigenvalue weighted by molar-refractivity contribution is 7.07. The molecule has 106 valence electrons. The van der Waals surface area contributed by atoms with Crippen LogP contribution in [0.5, 0.6) is 0 Å². The third-order valence-corrected chi connectivity index (χ3v) is 4.95. The second kappa shape index (κ2) is 6.08. The van der Waals surface area contributed by atoms with Crippen molar-refractivity contribution >= 4 is 11.3 Å². The van der Waals surface area contributed by atoms with E-state index in [-0.39, 0.29) is 0 Å². The van der Waals surface area contributed by atoms with Gasteiger partial charge in [0.05, 0.1) is 0 Å². The fraction of sp³-hybridized carbons (Fsp3) is 0.412. The first-order valence-electron chi connectivity index (χ1n) is 7.32. The maximum atomic E-state index is 3.62. The molecule has 1 aromatic heterocycles. The number of hydrogen-bond donors (Lipinski definition) is 1. The van der Waals surface area contributed by atoms with E-state index in [1.807, 2.05) is 0 Å². The van der Waals surface area contributed by atoms with Gasteiger partial charge in [0.1, 0.15) is 0 Å². The van der Waals surface area contributed by atoms with Gasteiger partial charge in [0, 0.05) is 31.2 Å². The summed E-state index contributed by atoms with van der Waals surface area (Å²) in [5, 5.41) is 8.07. The Morgan fingerprint density at radius 3 is 2.75 bits per heavy atom. The molecule has 0 radical (unpaired) electrons. The molecule has 2 nitrogen and oxygen atoms in total. The molecule has 3 atom stereocenters. The van der Waals surface area contributed by atoms with Gasteiger partial charge in [0.2, 0.25) is 0 Å². The molecule has 3 unspecified atom stereocenters. The smallest absolute Gasteiger partial charge is 0.0479 e. The van der Waals surface area contributed by atoms with E-state index in [9.17, 15) is 0 Å². The van der Waals surface area contributed by atoms with Crippen LogP contribution in [-0.2, 0) is 0 Å². The molecule has 3 heteroatoms. The summed E-state index contributed by atoms with van der Waals surface area (Å²) in [4.78, 5) is 2.64. The standard InChI is InChI=1S/C17H22N2S/c1-13-11-19(14(2)16-8-9-20-12-16)17(10-18-13)15-6-4-3-5-7-15/h3-9,12-14,17-18H,10-11H2,1-2H3. The molecule has 0 aliphatic carbocycles. The Morgan fingerprint density at radius 2 is 2.05 bits per heavy atom. The molecule has 3 rings (SSSR count). The molecule has 1 saturated heterocycles. The van der Waals surface area contributed by atoms with Gasteiger partial charge in [-0.3, -0.25) is 4.90 Å². The second-order valence-electron chi connectivity index (χ2n) is 5.67. The van der Waals surface area contributed by atoms with Crippen molar-refractivity contribution in [3.63, 3.8) is 0 Å². The topological polar surface area (TPSA) is 15.3 Å². The quantitative estimate of drug-likeness (QED) is 0.922. The number of thiophene rings is 1. The monoisotopic (exact) mass is 286 g/mol. The highest BCUT2D eigenvalue weighted by Crippen LogP contribution is 2.33. The van der Waals surface area contributed by atoms with Crippen molar-refractivity contribution in [2.24, 2.45) is 0 Å². The molecular formula is C17H22N2S. The molecule has 1 N–H and O–H groups in total. The summed E-state index contributed by atoms with van der Waals surface area (Å²) in [7, 11) is 0. The number of rotatable bonds is 3. The molecule has 0 bridgehead atoms. The van der Waals surface area contributed by atoms with Gasteiger partial charge in [-0.1, -0.05) is 30.3 Å². The minimum absolute atomic E-state index is 0.460. The predicted molar refractivity (Wildman–Crippen MR) is 86.1 cm³/mol. The minimum Gasteiger partial charge on any atom is -0.311 e. The van der Waals surface area contributed by atoms with Crippen molar-refractivity contribution in [3.8, 4) is 0 Å². The van der Waals surface area contributed by atoms with Gasteiger partial charge in [-0.15, -0.1) is 0 Å². The summed E-state index contributed by atoms with van der Waals surface area (Å²) in [5.41, 5.74) is 2.85. The Morgan fingerprint density at radius 1 is 1.25 bits per heavy atom. The largest absolute Gasteiger partial charge is 0.311 e. The molecule has 2 aromatic rings. The van der Waals surface area contributed by atoms with Gasteiger partial charge >= 0.3 is 0 Å². The van der Waals surface area contributed by atoms with Crippen LogP contribution in [0.3, 0.4) is 0 Å². The molecule has 1 aliphatic rings. The van der Waals surface area contributed by atoms with Crippen molar-refractivity contribution in [3.05, 3.63) is 58.3 Å². The lowest BCUT2D eigenvalue weighted by Gasteiger charge is -2.43. The number of hydrogen-bond acceptors (Lipinski definition) is 3. The number of piperazine rings is 1. The van der Waals surface area contributed by atoms with E-state index in [2.05, 4.69) is 71.2 Å². The molecule has 0 spiro atoms. The van der Waals surface area contributed by atoms with E-state index in [1.54, 1.807) is 11.3 Å². The van der Waals surface area contributed by atoms with Crippen LogP contribution in [0.25, 0.3) is 0 Å². The van der Waals surface area contributed by atoms with Crippen LogP contribution in [0.1, 0.15) is 37.1 Å². The first kappa shape index (κ1) is 13.8. The molecule has 1 aromatic carbocycles. The fourth-order valence-electron chi connectivity index (χ4n) is 3.05. The van der Waals surface area contributed by atoms with E-state index in [0.29, 0.717) is 18.1 Å². The molecular weight excluding hydrogens is 264 g/mol. The minimum atomic E-state index is 0.460. The van der Waals surface area contributed by atoms with Crippen molar-refractivity contribution in [1.29, 1.82) is 0 Å². The average Bonchev–Trinajstić information content (AvgIpc) is 3.01. The van der Waals surface area contributed by atoms with Crippen LogP contribution >= 0.6 is 11.3 Å². The van der Waals surface area contributed by atoms with Crippen molar-refractivity contribution < 1.29 is 0 Å². The van der Waals surface area contributed by atoms with Gasteiger partial charge in [-0.25, -0.2) is 0 Å². The van der Waals surface area contributed by atoms with E-state index in [1.165, 1.54) is 11.1 Å². The maximum absolute atomic E-state index is 3.62. The second-order valence-corrected chi connectivity index (χ2v) is 6.45. The Balaban J connectivity index is 1.87. The zero-order valence-corrected chi connectivity index (χ0v) is 12.9. The lowest BCUT2D eigenvalue weighted by atomic mass is 9.98. The summed E-state index contributed by atoms with van der Waals surface area (Å²) >= 11 is 1.79. The lowest BCUT2D eigenvalue weighted by molar-refractivity contribution is 0.0931. The zero-order valence-electron chi connectivity index (χ0n) is 12.1. The average molecular weight is 286 g/mol. The third kappa shape index (κ3) is 2.80. The number of benzene rings is 1. The van der Waals surface area contributed by atoms with Gasteiger partial charge in [0.15, 0.2) is 0 Å². The Hall–Kier alpha value is -1.16. The van der Waals surface area contributed by atoms with Crippen LogP contribution in [0.4, 0.5) is 0 Å². The Bertz CT molecular complexity index is 523. The van der Waals surface area contributed by atoms with Crippen LogP contribution in [0.15, 0.2) is 47.2 Å². The zero-order chi connectivity index (χ0) is 13.9. The van der Waals surface area contributed by atoms with Crippen molar-refractivity contribution in [2.75, 3.05) is 13.1 Å². The van der Waals surface area contributed by atoms with E-state index < -0.39 is 0 Å². The molecule has 20 heavy (non-hydrogen) atoms. The summed E-state index contributed by atoms with van der Waals surface area (Å²) in [6.45, 7) is 6.72. The summed E-state index contributed by atoms with van der Waals surface area (Å²) < 4.78 is 0. The maximum Gasteiger partial charge on any atom is 0.0479 e. The van der Waals surface area contributed by atoms with Gasteiger partial charge < -0.3 is 5.32 Å².